The summed E-state index contributed by atoms with van der Waals surface area (Å²) in [7, 11) is 0. The quantitative estimate of drug-likeness (QED) is 0.833. The van der Waals surface area contributed by atoms with Crippen LogP contribution in [0.25, 0.3) is 0 Å². The molecule has 0 spiro atoms. The first-order valence-electron chi connectivity index (χ1n) is 5.87. The minimum absolute atomic E-state index is 0.0559. The summed E-state index contributed by atoms with van der Waals surface area (Å²) >= 11 is 5.83. The number of hydrogen-bond donors (Lipinski definition) is 2. The molecule has 0 unspecified atom stereocenters. The summed E-state index contributed by atoms with van der Waals surface area (Å²) < 4.78 is 0. The largest absolute Gasteiger partial charge is 0.506 e. The molecule has 1 aliphatic carbocycles. The predicted octanol–water partition coefficient (Wildman–Crippen LogP) is 3.21. The van der Waals surface area contributed by atoms with E-state index < -0.39 is 0 Å². The smallest absolute Gasteiger partial charge is 0.134 e. The van der Waals surface area contributed by atoms with Gasteiger partial charge in [-0.3, -0.25) is 0 Å². The van der Waals surface area contributed by atoms with Gasteiger partial charge in [0.1, 0.15) is 5.75 Å². The third kappa shape index (κ3) is 2.04. The van der Waals surface area contributed by atoms with Crippen molar-refractivity contribution in [1.82, 2.24) is 0 Å². The highest BCUT2D eigenvalue weighted by molar-refractivity contribution is 6.32. The lowest BCUT2D eigenvalue weighted by atomic mass is 9.69. The molecule has 16 heavy (non-hydrogen) atoms. The maximum atomic E-state index is 9.67. The molecule has 88 valence electrons. The molecule has 0 saturated heterocycles. The standard InChI is InChI=1S/C13H18ClNO/c14-11-5-4-10(8-12(11)16)13(9-15)6-2-1-3-7-13/h4-5,8,16H,1-3,6-7,9,15H2. The molecule has 1 saturated carbocycles. The van der Waals surface area contributed by atoms with E-state index in [-0.39, 0.29) is 11.2 Å². The first-order valence-corrected chi connectivity index (χ1v) is 6.25. The Labute approximate surface area is 101 Å². The third-order valence-corrected chi connectivity index (χ3v) is 4.08. The molecule has 1 aliphatic rings. The summed E-state index contributed by atoms with van der Waals surface area (Å²) in [4.78, 5) is 0. The van der Waals surface area contributed by atoms with Crippen molar-refractivity contribution in [3.05, 3.63) is 28.8 Å². The molecule has 0 radical (unpaired) electrons. The van der Waals surface area contributed by atoms with Crippen LogP contribution >= 0.6 is 11.6 Å². The van der Waals surface area contributed by atoms with E-state index in [4.69, 9.17) is 17.3 Å². The zero-order chi connectivity index (χ0) is 11.6. The molecule has 1 aromatic carbocycles. The van der Waals surface area contributed by atoms with Crippen LogP contribution in [0.5, 0.6) is 5.75 Å². The van der Waals surface area contributed by atoms with Crippen molar-refractivity contribution in [3.8, 4) is 5.75 Å². The Morgan fingerprint density at radius 3 is 2.50 bits per heavy atom. The van der Waals surface area contributed by atoms with Crippen LogP contribution in [0.1, 0.15) is 37.7 Å². The fraction of sp³-hybridized carbons (Fsp3) is 0.538. The van der Waals surface area contributed by atoms with E-state index in [1.807, 2.05) is 6.07 Å². The molecular formula is C13H18ClNO. The van der Waals surface area contributed by atoms with Crippen LogP contribution in [0, 0.1) is 0 Å². The maximum Gasteiger partial charge on any atom is 0.134 e. The topological polar surface area (TPSA) is 46.2 Å². The lowest BCUT2D eigenvalue weighted by Gasteiger charge is -2.37. The Morgan fingerprint density at radius 2 is 1.94 bits per heavy atom. The van der Waals surface area contributed by atoms with Crippen LogP contribution in [0.4, 0.5) is 0 Å². The minimum Gasteiger partial charge on any atom is -0.506 e. The fourth-order valence-corrected chi connectivity index (χ4v) is 2.80. The first-order chi connectivity index (χ1) is 7.68. The van der Waals surface area contributed by atoms with Crippen LogP contribution < -0.4 is 5.73 Å². The summed E-state index contributed by atoms with van der Waals surface area (Å²) in [6.45, 7) is 0.647. The number of halogens is 1. The van der Waals surface area contributed by atoms with Gasteiger partial charge in [0, 0.05) is 12.0 Å². The second-order valence-electron chi connectivity index (χ2n) is 4.71. The molecular weight excluding hydrogens is 222 g/mol. The third-order valence-electron chi connectivity index (χ3n) is 3.76. The van der Waals surface area contributed by atoms with Crippen molar-refractivity contribution >= 4 is 11.6 Å². The van der Waals surface area contributed by atoms with Gasteiger partial charge in [-0.05, 0) is 30.5 Å². The van der Waals surface area contributed by atoms with Gasteiger partial charge in [-0.2, -0.15) is 0 Å². The van der Waals surface area contributed by atoms with E-state index in [1.165, 1.54) is 19.3 Å². The van der Waals surface area contributed by atoms with E-state index in [1.54, 1.807) is 12.1 Å². The lowest BCUT2D eigenvalue weighted by molar-refractivity contribution is 0.300. The Balaban J connectivity index is 2.35. The van der Waals surface area contributed by atoms with Crippen molar-refractivity contribution in [1.29, 1.82) is 0 Å². The number of nitrogens with two attached hydrogens (primary N) is 1. The SMILES string of the molecule is NCC1(c2ccc(Cl)c(O)c2)CCCCC1. The van der Waals surface area contributed by atoms with Crippen LogP contribution in [-0.2, 0) is 5.41 Å². The number of rotatable bonds is 2. The van der Waals surface area contributed by atoms with E-state index in [0.717, 1.165) is 18.4 Å². The molecule has 0 aliphatic heterocycles. The summed E-state index contributed by atoms with van der Waals surface area (Å²) in [5, 5.41) is 10.1. The van der Waals surface area contributed by atoms with Gasteiger partial charge in [0.2, 0.25) is 0 Å². The molecule has 2 rings (SSSR count). The second kappa shape index (κ2) is 4.64. The van der Waals surface area contributed by atoms with Crippen molar-refractivity contribution in [2.75, 3.05) is 6.54 Å². The summed E-state index contributed by atoms with van der Waals surface area (Å²) in [5.74, 6) is 0.164. The summed E-state index contributed by atoms with van der Waals surface area (Å²) in [5.41, 5.74) is 7.14. The van der Waals surface area contributed by atoms with E-state index in [0.29, 0.717) is 11.6 Å². The highest BCUT2D eigenvalue weighted by Crippen LogP contribution is 2.40. The average molecular weight is 240 g/mol. The highest BCUT2D eigenvalue weighted by atomic mass is 35.5. The molecule has 0 aromatic heterocycles. The molecule has 0 bridgehead atoms. The number of phenolic OH excluding ortho intramolecular Hbond substituents is 1. The van der Waals surface area contributed by atoms with Crippen LogP contribution in [0.15, 0.2) is 18.2 Å². The normalized spacial score (nSPS) is 19.6. The molecule has 2 nitrogen and oxygen atoms in total. The van der Waals surface area contributed by atoms with Crippen molar-refractivity contribution < 1.29 is 5.11 Å². The molecule has 3 N–H and O–H groups in total. The Bertz CT molecular complexity index is 372. The van der Waals surface area contributed by atoms with E-state index >= 15 is 0 Å². The molecule has 0 amide bonds. The van der Waals surface area contributed by atoms with Gasteiger partial charge in [0.15, 0.2) is 0 Å². The average Bonchev–Trinajstić information content (AvgIpc) is 2.33. The lowest BCUT2D eigenvalue weighted by Crippen LogP contribution is -2.37. The fourth-order valence-electron chi connectivity index (χ4n) is 2.68. The Kier molecular flexibility index (Phi) is 3.41. The Morgan fingerprint density at radius 1 is 1.25 bits per heavy atom. The van der Waals surface area contributed by atoms with Gasteiger partial charge in [0.25, 0.3) is 0 Å². The maximum absolute atomic E-state index is 9.67. The zero-order valence-corrected chi connectivity index (χ0v) is 10.1. The molecule has 3 heteroatoms. The summed E-state index contributed by atoms with van der Waals surface area (Å²) in [6.07, 6.45) is 5.97. The number of phenols is 1. The van der Waals surface area contributed by atoms with Crippen LogP contribution in [0.3, 0.4) is 0 Å². The van der Waals surface area contributed by atoms with Gasteiger partial charge < -0.3 is 10.8 Å². The highest BCUT2D eigenvalue weighted by Gasteiger charge is 2.32. The number of benzene rings is 1. The van der Waals surface area contributed by atoms with Crippen LogP contribution in [0.2, 0.25) is 5.02 Å². The van der Waals surface area contributed by atoms with Gasteiger partial charge in [0.05, 0.1) is 5.02 Å². The van der Waals surface area contributed by atoms with Gasteiger partial charge in [-0.1, -0.05) is 36.9 Å². The van der Waals surface area contributed by atoms with E-state index in [2.05, 4.69) is 0 Å². The zero-order valence-electron chi connectivity index (χ0n) is 9.38. The van der Waals surface area contributed by atoms with Crippen molar-refractivity contribution in [3.63, 3.8) is 0 Å². The van der Waals surface area contributed by atoms with Gasteiger partial charge in [-0.15, -0.1) is 0 Å². The molecule has 1 aromatic rings. The number of aromatic hydroxyl groups is 1. The first kappa shape index (κ1) is 11.7. The van der Waals surface area contributed by atoms with Crippen LogP contribution in [-0.4, -0.2) is 11.7 Å². The molecule has 0 atom stereocenters. The predicted molar refractivity (Wildman–Crippen MR) is 66.9 cm³/mol. The van der Waals surface area contributed by atoms with Gasteiger partial charge in [-0.25, -0.2) is 0 Å². The second-order valence-corrected chi connectivity index (χ2v) is 5.12. The Hall–Kier alpha value is -0.730. The number of hydrogen-bond acceptors (Lipinski definition) is 2. The molecule has 0 heterocycles. The van der Waals surface area contributed by atoms with Gasteiger partial charge >= 0.3 is 0 Å². The monoisotopic (exact) mass is 239 g/mol. The minimum atomic E-state index is 0.0559. The molecule has 1 fully saturated rings. The van der Waals surface area contributed by atoms with Crippen molar-refractivity contribution in [2.45, 2.75) is 37.5 Å². The van der Waals surface area contributed by atoms with Crippen molar-refractivity contribution in [2.24, 2.45) is 5.73 Å². The summed E-state index contributed by atoms with van der Waals surface area (Å²) in [6, 6.07) is 5.54. The van der Waals surface area contributed by atoms with E-state index in [9.17, 15) is 5.11 Å².